The largest absolute Gasteiger partial charge is 0.496 e. The average molecular weight is 399 g/mol. The lowest BCUT2D eigenvalue weighted by Gasteiger charge is -2.34. The summed E-state index contributed by atoms with van der Waals surface area (Å²) in [4.78, 5) is 17.0. The number of nitrogens with zero attached hydrogens (tertiary/aromatic N) is 4. The number of hydrogen-bond acceptors (Lipinski definition) is 4. The van der Waals surface area contributed by atoms with E-state index in [4.69, 9.17) is 4.74 Å². The van der Waals surface area contributed by atoms with Crippen LogP contribution >= 0.6 is 0 Å². The van der Waals surface area contributed by atoms with Gasteiger partial charge in [0.15, 0.2) is 0 Å². The molecule has 2 aromatic rings. The number of para-hydroxylation sites is 1. The van der Waals surface area contributed by atoms with Crippen molar-refractivity contribution >= 4 is 5.91 Å². The van der Waals surface area contributed by atoms with Gasteiger partial charge in [-0.2, -0.15) is 5.10 Å². The fraction of sp³-hybridized carbons (Fsp3) is 0.565. The van der Waals surface area contributed by atoms with Crippen LogP contribution in [0.25, 0.3) is 0 Å². The zero-order valence-corrected chi connectivity index (χ0v) is 18.0. The summed E-state index contributed by atoms with van der Waals surface area (Å²) in [6, 6.07) is 10.2. The number of piperidine rings is 1. The lowest BCUT2D eigenvalue weighted by Crippen LogP contribution is -2.42. The van der Waals surface area contributed by atoms with Crippen LogP contribution in [0, 0.1) is 12.8 Å². The number of likely N-dealkylation sites (tertiary alicyclic amines) is 1. The van der Waals surface area contributed by atoms with Crippen LogP contribution in [-0.2, 0) is 17.8 Å². The van der Waals surface area contributed by atoms with E-state index in [0.29, 0.717) is 18.9 Å². The number of amides is 1. The molecule has 6 nitrogen and oxygen atoms in total. The second-order valence-corrected chi connectivity index (χ2v) is 8.12. The van der Waals surface area contributed by atoms with Crippen molar-refractivity contribution in [2.45, 2.75) is 39.2 Å². The molecule has 3 rings (SSSR count). The predicted octanol–water partition coefficient (Wildman–Crippen LogP) is 3.00. The highest BCUT2D eigenvalue weighted by Crippen LogP contribution is 2.21. The number of hydrogen-bond donors (Lipinski definition) is 0. The zero-order chi connectivity index (χ0) is 20.6. The van der Waals surface area contributed by atoms with Crippen molar-refractivity contribution in [1.29, 1.82) is 0 Å². The van der Waals surface area contributed by atoms with Gasteiger partial charge in [0.2, 0.25) is 5.91 Å². The Kier molecular flexibility index (Phi) is 7.69. The normalized spacial score (nSPS) is 17.3. The fourth-order valence-corrected chi connectivity index (χ4v) is 4.17. The van der Waals surface area contributed by atoms with Crippen molar-refractivity contribution in [3.63, 3.8) is 0 Å². The number of aromatic nitrogens is 2. The molecule has 0 aliphatic carbocycles. The molecule has 1 aromatic heterocycles. The number of carbonyl (C=O) groups excluding carboxylic acids is 1. The Morgan fingerprint density at radius 2 is 2.10 bits per heavy atom. The van der Waals surface area contributed by atoms with E-state index in [2.05, 4.69) is 22.1 Å². The first-order valence-electron chi connectivity index (χ1n) is 10.6. The lowest BCUT2D eigenvalue weighted by molar-refractivity contribution is -0.131. The fourth-order valence-electron chi connectivity index (χ4n) is 4.17. The van der Waals surface area contributed by atoms with E-state index in [9.17, 15) is 4.79 Å². The summed E-state index contributed by atoms with van der Waals surface area (Å²) in [5.74, 6) is 1.71. The van der Waals surface area contributed by atoms with Gasteiger partial charge in [-0.15, -0.1) is 0 Å². The Hall–Kier alpha value is -2.34. The van der Waals surface area contributed by atoms with Crippen molar-refractivity contribution in [1.82, 2.24) is 19.6 Å². The quantitative estimate of drug-likeness (QED) is 0.652. The Morgan fingerprint density at radius 1 is 1.28 bits per heavy atom. The standard InChI is InChI=1S/C23H34N4O2/c1-19-10-15-27(24-19)16-12-23(28)25(2)17-20-7-6-13-26(18-20)14-11-21-8-4-5-9-22(21)29-3/h4-5,8-10,15,20H,6-7,11-14,16-18H2,1-3H3/t20-/m0/s1. The lowest BCUT2D eigenvalue weighted by atomic mass is 9.97. The number of benzene rings is 1. The Morgan fingerprint density at radius 3 is 2.86 bits per heavy atom. The summed E-state index contributed by atoms with van der Waals surface area (Å²) >= 11 is 0. The van der Waals surface area contributed by atoms with Crippen LogP contribution in [0.15, 0.2) is 36.5 Å². The summed E-state index contributed by atoms with van der Waals surface area (Å²) in [5, 5.41) is 4.36. The Balaban J connectivity index is 1.43. The highest BCUT2D eigenvalue weighted by molar-refractivity contribution is 5.75. The molecular weight excluding hydrogens is 364 g/mol. The summed E-state index contributed by atoms with van der Waals surface area (Å²) in [7, 11) is 3.67. The third kappa shape index (κ3) is 6.32. The Labute approximate surface area is 174 Å². The van der Waals surface area contributed by atoms with Gasteiger partial charge < -0.3 is 14.5 Å². The second-order valence-electron chi connectivity index (χ2n) is 8.12. The summed E-state index contributed by atoms with van der Waals surface area (Å²) < 4.78 is 7.32. The molecule has 1 fully saturated rings. The first kappa shape index (κ1) is 21.4. The van der Waals surface area contributed by atoms with Crippen molar-refractivity contribution in [2.24, 2.45) is 5.92 Å². The number of rotatable bonds is 9. The number of carbonyl (C=O) groups is 1. The van der Waals surface area contributed by atoms with E-state index in [1.165, 1.54) is 18.4 Å². The molecule has 1 aromatic carbocycles. The molecule has 6 heteroatoms. The molecule has 0 spiro atoms. The molecule has 0 saturated carbocycles. The predicted molar refractivity (Wildman–Crippen MR) is 115 cm³/mol. The first-order chi connectivity index (χ1) is 14.0. The van der Waals surface area contributed by atoms with Crippen molar-refractivity contribution in [3.8, 4) is 5.75 Å². The monoisotopic (exact) mass is 398 g/mol. The topological polar surface area (TPSA) is 50.6 Å². The van der Waals surface area contributed by atoms with E-state index in [1.54, 1.807) is 7.11 Å². The van der Waals surface area contributed by atoms with Crippen LogP contribution in [0.2, 0.25) is 0 Å². The minimum atomic E-state index is 0.198. The molecule has 0 radical (unpaired) electrons. The SMILES string of the molecule is COc1ccccc1CCN1CCC[C@@H](CN(C)C(=O)CCn2ccc(C)n2)C1. The number of ether oxygens (including phenoxy) is 1. The minimum Gasteiger partial charge on any atom is -0.496 e. The summed E-state index contributed by atoms with van der Waals surface area (Å²) in [5.41, 5.74) is 2.25. The molecule has 0 N–H and O–H groups in total. The average Bonchev–Trinajstić information content (AvgIpc) is 3.16. The molecule has 2 heterocycles. The molecule has 1 aliphatic rings. The number of methoxy groups -OCH3 is 1. The molecule has 1 aliphatic heterocycles. The van der Waals surface area contributed by atoms with Crippen LogP contribution in [0.5, 0.6) is 5.75 Å². The van der Waals surface area contributed by atoms with E-state index in [-0.39, 0.29) is 5.91 Å². The molecule has 0 bridgehead atoms. The Bertz CT molecular complexity index is 789. The van der Waals surface area contributed by atoms with E-state index < -0.39 is 0 Å². The highest BCUT2D eigenvalue weighted by Gasteiger charge is 2.22. The molecule has 29 heavy (non-hydrogen) atoms. The van der Waals surface area contributed by atoms with Crippen molar-refractivity contribution in [3.05, 3.63) is 47.8 Å². The third-order valence-corrected chi connectivity index (χ3v) is 5.78. The van der Waals surface area contributed by atoms with Crippen molar-refractivity contribution in [2.75, 3.05) is 40.3 Å². The smallest absolute Gasteiger partial charge is 0.224 e. The highest BCUT2D eigenvalue weighted by atomic mass is 16.5. The van der Waals surface area contributed by atoms with Gasteiger partial charge in [-0.25, -0.2) is 0 Å². The van der Waals surface area contributed by atoms with Crippen molar-refractivity contribution < 1.29 is 9.53 Å². The van der Waals surface area contributed by atoms with E-state index in [1.807, 2.05) is 47.9 Å². The van der Waals surface area contributed by atoms with Gasteiger partial charge in [-0.05, 0) is 56.3 Å². The maximum Gasteiger partial charge on any atom is 0.224 e. The second kappa shape index (κ2) is 10.4. The van der Waals surface area contributed by atoms with Gasteiger partial charge in [0, 0.05) is 45.8 Å². The van der Waals surface area contributed by atoms with E-state index >= 15 is 0 Å². The molecule has 1 amide bonds. The molecule has 1 saturated heterocycles. The summed E-state index contributed by atoms with van der Waals surface area (Å²) in [6.45, 7) is 6.68. The van der Waals surface area contributed by atoms with Crippen LogP contribution in [0.4, 0.5) is 0 Å². The van der Waals surface area contributed by atoms with Gasteiger partial charge in [-0.1, -0.05) is 18.2 Å². The van der Waals surface area contributed by atoms with Gasteiger partial charge >= 0.3 is 0 Å². The van der Waals surface area contributed by atoms with Gasteiger partial charge in [0.05, 0.1) is 12.8 Å². The van der Waals surface area contributed by atoms with Gasteiger partial charge in [0.1, 0.15) is 5.75 Å². The maximum absolute atomic E-state index is 12.5. The first-order valence-corrected chi connectivity index (χ1v) is 10.6. The minimum absolute atomic E-state index is 0.198. The number of aryl methyl sites for hydroxylation is 2. The zero-order valence-electron chi connectivity index (χ0n) is 18.0. The van der Waals surface area contributed by atoms with Crippen LogP contribution in [0.1, 0.15) is 30.5 Å². The molecule has 0 unspecified atom stereocenters. The van der Waals surface area contributed by atoms with Crippen LogP contribution in [-0.4, -0.2) is 65.8 Å². The van der Waals surface area contributed by atoms with E-state index in [0.717, 1.165) is 44.0 Å². The van der Waals surface area contributed by atoms with Crippen LogP contribution < -0.4 is 4.74 Å². The van der Waals surface area contributed by atoms with Gasteiger partial charge in [-0.3, -0.25) is 9.48 Å². The maximum atomic E-state index is 12.5. The molecule has 1 atom stereocenters. The third-order valence-electron chi connectivity index (χ3n) is 5.78. The van der Waals surface area contributed by atoms with Crippen LogP contribution in [0.3, 0.4) is 0 Å². The molecular formula is C23H34N4O2. The van der Waals surface area contributed by atoms with Gasteiger partial charge in [0.25, 0.3) is 0 Å². The molecule has 158 valence electrons. The summed E-state index contributed by atoms with van der Waals surface area (Å²) in [6.07, 6.45) is 5.83.